The summed E-state index contributed by atoms with van der Waals surface area (Å²) < 4.78 is 1.28. The molecule has 0 spiro atoms. The van der Waals surface area contributed by atoms with Crippen molar-refractivity contribution < 1.29 is 0 Å². The van der Waals surface area contributed by atoms with Crippen LogP contribution in [0.15, 0.2) is 23.6 Å². The Morgan fingerprint density at radius 2 is 2.29 bits per heavy atom. The van der Waals surface area contributed by atoms with E-state index < -0.39 is 0 Å². The second kappa shape index (κ2) is 3.81. The summed E-state index contributed by atoms with van der Waals surface area (Å²) in [5.74, 6) is 0. The van der Waals surface area contributed by atoms with Gasteiger partial charge in [-0.25, -0.2) is 0 Å². The van der Waals surface area contributed by atoms with Gasteiger partial charge in [-0.2, -0.15) is 5.26 Å². The first-order valence-electron chi connectivity index (χ1n) is 4.75. The normalized spacial score (nSPS) is 10.3. The fraction of sp³-hybridized carbons (Fsp3) is 0.250. The van der Waals surface area contributed by atoms with Crippen molar-refractivity contribution in [3.63, 3.8) is 0 Å². The van der Waals surface area contributed by atoms with Gasteiger partial charge in [0.15, 0.2) is 0 Å². The lowest BCUT2D eigenvalue weighted by Gasteiger charge is -1.96. The van der Waals surface area contributed by atoms with Crippen molar-refractivity contribution in [3.05, 3.63) is 34.7 Å². The molecule has 14 heavy (non-hydrogen) atoms. The molecule has 70 valence electrons. The zero-order valence-corrected chi connectivity index (χ0v) is 8.90. The zero-order valence-electron chi connectivity index (χ0n) is 8.08. The van der Waals surface area contributed by atoms with Crippen molar-refractivity contribution in [1.29, 1.82) is 5.26 Å². The minimum atomic E-state index is 0.758. The number of nitriles is 1. The maximum absolute atomic E-state index is 8.81. The summed E-state index contributed by atoms with van der Waals surface area (Å²) in [6, 6.07) is 8.10. The van der Waals surface area contributed by atoms with Gasteiger partial charge < -0.3 is 0 Å². The van der Waals surface area contributed by atoms with Crippen LogP contribution in [0, 0.1) is 11.3 Å². The second-order valence-electron chi connectivity index (χ2n) is 3.33. The van der Waals surface area contributed by atoms with E-state index in [0.29, 0.717) is 0 Å². The highest BCUT2D eigenvalue weighted by molar-refractivity contribution is 7.17. The fourth-order valence-electron chi connectivity index (χ4n) is 1.61. The maximum Gasteiger partial charge on any atom is 0.0991 e. The van der Waals surface area contributed by atoms with Crippen LogP contribution in [0.3, 0.4) is 0 Å². The molecular formula is C12H11NS. The molecule has 1 nitrogen and oxygen atoms in total. The van der Waals surface area contributed by atoms with Gasteiger partial charge in [-0.05, 0) is 40.9 Å². The molecule has 0 saturated heterocycles. The summed E-state index contributed by atoms with van der Waals surface area (Å²) >= 11 is 1.76. The summed E-state index contributed by atoms with van der Waals surface area (Å²) in [7, 11) is 0. The lowest BCUT2D eigenvalue weighted by Crippen LogP contribution is -1.80. The van der Waals surface area contributed by atoms with Crippen molar-refractivity contribution in [2.45, 2.75) is 19.8 Å². The fourth-order valence-corrected chi connectivity index (χ4v) is 2.59. The Morgan fingerprint density at radius 1 is 1.43 bits per heavy atom. The Morgan fingerprint density at radius 3 is 3.00 bits per heavy atom. The van der Waals surface area contributed by atoms with E-state index in [1.807, 2.05) is 18.2 Å². The number of fused-ring (bicyclic) bond motifs is 1. The van der Waals surface area contributed by atoms with E-state index in [-0.39, 0.29) is 0 Å². The van der Waals surface area contributed by atoms with Crippen LogP contribution < -0.4 is 0 Å². The average Bonchev–Trinajstić information content (AvgIpc) is 2.61. The summed E-state index contributed by atoms with van der Waals surface area (Å²) in [6.45, 7) is 2.18. The van der Waals surface area contributed by atoms with Crippen LogP contribution in [0.5, 0.6) is 0 Å². The van der Waals surface area contributed by atoms with Crippen molar-refractivity contribution in [2.75, 3.05) is 0 Å². The number of hydrogen-bond donors (Lipinski definition) is 0. The van der Waals surface area contributed by atoms with Gasteiger partial charge >= 0.3 is 0 Å². The van der Waals surface area contributed by atoms with Crippen LogP contribution in [0.2, 0.25) is 0 Å². The van der Waals surface area contributed by atoms with Gasteiger partial charge in [0.25, 0.3) is 0 Å². The van der Waals surface area contributed by atoms with Crippen molar-refractivity contribution >= 4 is 21.4 Å². The minimum Gasteiger partial charge on any atom is -0.192 e. The van der Waals surface area contributed by atoms with Crippen molar-refractivity contribution in [2.24, 2.45) is 0 Å². The molecule has 0 unspecified atom stereocenters. The molecule has 0 aliphatic carbocycles. The molecule has 1 aromatic carbocycles. The predicted molar refractivity (Wildman–Crippen MR) is 60.5 cm³/mol. The number of thiophene rings is 1. The molecule has 2 aromatic rings. The molecule has 1 aromatic heterocycles. The molecule has 2 heteroatoms. The number of benzene rings is 1. The van der Waals surface area contributed by atoms with Crippen LogP contribution in [0.1, 0.15) is 24.5 Å². The first-order valence-corrected chi connectivity index (χ1v) is 5.63. The van der Waals surface area contributed by atoms with Gasteiger partial charge in [-0.15, -0.1) is 11.3 Å². The zero-order chi connectivity index (χ0) is 9.97. The van der Waals surface area contributed by atoms with E-state index >= 15 is 0 Å². The topological polar surface area (TPSA) is 23.8 Å². The summed E-state index contributed by atoms with van der Waals surface area (Å²) in [4.78, 5) is 0. The highest BCUT2D eigenvalue weighted by atomic mass is 32.1. The van der Waals surface area contributed by atoms with Crippen LogP contribution in [0.25, 0.3) is 10.1 Å². The Hall–Kier alpha value is -1.33. The van der Waals surface area contributed by atoms with E-state index in [1.54, 1.807) is 11.3 Å². The quantitative estimate of drug-likeness (QED) is 0.726. The summed E-state index contributed by atoms with van der Waals surface area (Å²) in [5, 5.41) is 12.3. The standard InChI is InChI=1S/C12H11NS/c1-2-3-10-8-14-12-5-4-9(7-13)6-11(10)12/h4-6,8H,2-3H2,1H3. The van der Waals surface area contributed by atoms with E-state index in [1.165, 1.54) is 15.6 Å². The molecule has 0 amide bonds. The van der Waals surface area contributed by atoms with Gasteiger partial charge in [0.1, 0.15) is 0 Å². The lowest BCUT2D eigenvalue weighted by atomic mass is 10.1. The smallest absolute Gasteiger partial charge is 0.0991 e. The van der Waals surface area contributed by atoms with Gasteiger partial charge in [-0.1, -0.05) is 13.3 Å². The highest BCUT2D eigenvalue weighted by Gasteiger charge is 2.03. The number of aryl methyl sites for hydroxylation is 1. The Kier molecular flexibility index (Phi) is 2.51. The number of nitrogens with zero attached hydrogens (tertiary/aromatic N) is 1. The number of hydrogen-bond acceptors (Lipinski definition) is 2. The third kappa shape index (κ3) is 1.51. The molecule has 0 aliphatic rings. The summed E-state index contributed by atoms with van der Waals surface area (Å²) in [6.07, 6.45) is 2.26. The third-order valence-electron chi connectivity index (χ3n) is 2.30. The van der Waals surface area contributed by atoms with E-state index in [9.17, 15) is 0 Å². The lowest BCUT2D eigenvalue weighted by molar-refractivity contribution is 0.933. The molecule has 0 radical (unpaired) electrons. The van der Waals surface area contributed by atoms with Crippen LogP contribution in [-0.4, -0.2) is 0 Å². The van der Waals surface area contributed by atoms with E-state index in [0.717, 1.165) is 18.4 Å². The number of rotatable bonds is 2. The van der Waals surface area contributed by atoms with Gasteiger partial charge in [0, 0.05) is 4.70 Å². The van der Waals surface area contributed by atoms with Gasteiger partial charge in [-0.3, -0.25) is 0 Å². The van der Waals surface area contributed by atoms with E-state index in [4.69, 9.17) is 5.26 Å². The first kappa shape index (κ1) is 9.23. The van der Waals surface area contributed by atoms with Gasteiger partial charge in [0.05, 0.1) is 11.6 Å². The van der Waals surface area contributed by atoms with Crippen molar-refractivity contribution in [3.8, 4) is 6.07 Å². The molecule has 0 bridgehead atoms. The van der Waals surface area contributed by atoms with Gasteiger partial charge in [0.2, 0.25) is 0 Å². The largest absolute Gasteiger partial charge is 0.192 e. The van der Waals surface area contributed by atoms with Crippen LogP contribution in [0.4, 0.5) is 0 Å². The third-order valence-corrected chi connectivity index (χ3v) is 3.31. The first-order chi connectivity index (χ1) is 6.85. The molecule has 1 heterocycles. The Balaban J connectivity index is 2.59. The molecule has 0 fully saturated rings. The molecule has 0 aliphatic heterocycles. The predicted octanol–water partition coefficient (Wildman–Crippen LogP) is 3.73. The van der Waals surface area contributed by atoms with Crippen LogP contribution >= 0.6 is 11.3 Å². The van der Waals surface area contributed by atoms with E-state index in [2.05, 4.69) is 18.4 Å². The Bertz CT molecular complexity index is 490. The van der Waals surface area contributed by atoms with Crippen molar-refractivity contribution in [1.82, 2.24) is 0 Å². The second-order valence-corrected chi connectivity index (χ2v) is 4.24. The molecule has 0 N–H and O–H groups in total. The minimum absolute atomic E-state index is 0.758. The summed E-state index contributed by atoms with van der Waals surface area (Å²) in [5.41, 5.74) is 2.14. The molecule has 0 saturated carbocycles. The molecule has 0 atom stereocenters. The molecule has 2 rings (SSSR count). The highest BCUT2D eigenvalue weighted by Crippen LogP contribution is 2.27. The van der Waals surface area contributed by atoms with Crippen LogP contribution in [-0.2, 0) is 6.42 Å². The average molecular weight is 201 g/mol. The monoisotopic (exact) mass is 201 g/mol. The Labute approximate surface area is 87.6 Å². The maximum atomic E-state index is 8.81. The molecular weight excluding hydrogens is 190 g/mol. The SMILES string of the molecule is CCCc1csc2ccc(C#N)cc12.